The van der Waals surface area contributed by atoms with Gasteiger partial charge in [0.15, 0.2) is 0 Å². The molecule has 108 valence electrons. The molecular weight excluding hydrogens is 244 g/mol. The first kappa shape index (κ1) is 15.1. The molecule has 20 heavy (non-hydrogen) atoms. The van der Waals surface area contributed by atoms with Gasteiger partial charge in [0.1, 0.15) is 0 Å². The van der Waals surface area contributed by atoms with Crippen LogP contribution in [-0.4, -0.2) is 24.0 Å². The van der Waals surface area contributed by atoms with E-state index in [4.69, 9.17) is 5.73 Å². The molecule has 1 aliphatic carbocycles. The summed E-state index contributed by atoms with van der Waals surface area (Å²) in [6.45, 7) is 4.90. The minimum absolute atomic E-state index is 0.424. The van der Waals surface area contributed by atoms with Gasteiger partial charge in [-0.3, -0.25) is 4.90 Å². The van der Waals surface area contributed by atoms with Gasteiger partial charge < -0.3 is 5.73 Å². The molecule has 1 aliphatic rings. The van der Waals surface area contributed by atoms with Crippen LogP contribution in [0.25, 0.3) is 0 Å². The number of rotatable bonds is 4. The van der Waals surface area contributed by atoms with Gasteiger partial charge in [-0.1, -0.05) is 50.2 Å². The Kier molecular flexibility index (Phi) is 6.11. The van der Waals surface area contributed by atoms with E-state index in [2.05, 4.69) is 47.9 Å². The van der Waals surface area contributed by atoms with E-state index in [1.54, 1.807) is 0 Å². The molecule has 0 aliphatic heterocycles. The van der Waals surface area contributed by atoms with Crippen LogP contribution in [0.4, 0.5) is 0 Å². The standard InChI is InChI=1S/C18H26N2/c1-2-20(18-8-4-3-5-9-18)15-17-12-10-16(11-13-17)7-6-14-19/h10-13,18H,2-5,8-9,14-15,19H2,1H3. The Morgan fingerprint density at radius 3 is 2.45 bits per heavy atom. The summed E-state index contributed by atoms with van der Waals surface area (Å²) in [5, 5.41) is 0. The first-order valence-corrected chi connectivity index (χ1v) is 7.85. The van der Waals surface area contributed by atoms with E-state index in [0.717, 1.165) is 24.7 Å². The molecule has 2 rings (SSSR count). The first-order chi connectivity index (χ1) is 9.83. The summed E-state index contributed by atoms with van der Waals surface area (Å²) in [4.78, 5) is 2.62. The molecule has 0 heterocycles. The zero-order valence-electron chi connectivity index (χ0n) is 12.6. The highest BCUT2D eigenvalue weighted by molar-refractivity contribution is 5.36. The molecule has 0 radical (unpaired) electrons. The zero-order chi connectivity index (χ0) is 14.2. The smallest absolute Gasteiger partial charge is 0.0555 e. The quantitative estimate of drug-likeness (QED) is 0.852. The normalized spacial score (nSPS) is 15.9. The summed E-state index contributed by atoms with van der Waals surface area (Å²) in [5.41, 5.74) is 7.83. The van der Waals surface area contributed by atoms with Crippen molar-refractivity contribution < 1.29 is 0 Å². The van der Waals surface area contributed by atoms with Crippen molar-refractivity contribution in [2.45, 2.75) is 51.6 Å². The van der Waals surface area contributed by atoms with Crippen LogP contribution in [0.15, 0.2) is 24.3 Å². The van der Waals surface area contributed by atoms with Crippen molar-refractivity contribution in [3.05, 3.63) is 35.4 Å². The lowest BCUT2D eigenvalue weighted by atomic mass is 9.94. The van der Waals surface area contributed by atoms with Crippen LogP contribution < -0.4 is 5.73 Å². The van der Waals surface area contributed by atoms with E-state index < -0.39 is 0 Å². The van der Waals surface area contributed by atoms with E-state index >= 15 is 0 Å². The molecule has 0 spiro atoms. The minimum Gasteiger partial charge on any atom is -0.320 e. The Hall–Kier alpha value is -1.30. The highest BCUT2D eigenvalue weighted by Crippen LogP contribution is 2.23. The highest BCUT2D eigenvalue weighted by atomic mass is 15.1. The second-order valence-corrected chi connectivity index (χ2v) is 5.56. The molecule has 2 nitrogen and oxygen atoms in total. The van der Waals surface area contributed by atoms with Crippen molar-refractivity contribution in [1.29, 1.82) is 0 Å². The van der Waals surface area contributed by atoms with Crippen LogP contribution in [0.1, 0.15) is 50.2 Å². The molecule has 1 saturated carbocycles. The molecule has 0 aromatic heterocycles. The van der Waals surface area contributed by atoms with E-state index in [0.29, 0.717) is 6.54 Å². The van der Waals surface area contributed by atoms with Gasteiger partial charge in [-0.2, -0.15) is 0 Å². The van der Waals surface area contributed by atoms with Crippen LogP contribution in [0.2, 0.25) is 0 Å². The van der Waals surface area contributed by atoms with Gasteiger partial charge >= 0.3 is 0 Å². The molecule has 1 aromatic rings. The van der Waals surface area contributed by atoms with Crippen molar-refractivity contribution >= 4 is 0 Å². The summed E-state index contributed by atoms with van der Waals surface area (Å²) in [6, 6.07) is 9.39. The summed E-state index contributed by atoms with van der Waals surface area (Å²) < 4.78 is 0. The molecule has 2 N–H and O–H groups in total. The number of benzene rings is 1. The summed E-state index contributed by atoms with van der Waals surface area (Å²) >= 11 is 0. The summed E-state index contributed by atoms with van der Waals surface area (Å²) in [5.74, 6) is 5.97. The lowest BCUT2D eigenvalue weighted by molar-refractivity contribution is 0.156. The minimum atomic E-state index is 0.424. The van der Waals surface area contributed by atoms with Crippen LogP contribution >= 0.6 is 0 Å². The fourth-order valence-electron chi connectivity index (χ4n) is 3.03. The van der Waals surface area contributed by atoms with Crippen molar-refractivity contribution in [2.24, 2.45) is 5.73 Å². The fraction of sp³-hybridized carbons (Fsp3) is 0.556. The Morgan fingerprint density at radius 2 is 1.85 bits per heavy atom. The Morgan fingerprint density at radius 1 is 1.15 bits per heavy atom. The van der Waals surface area contributed by atoms with Crippen LogP contribution in [-0.2, 0) is 6.54 Å². The molecule has 1 fully saturated rings. The monoisotopic (exact) mass is 270 g/mol. The van der Waals surface area contributed by atoms with E-state index in [1.807, 2.05) is 0 Å². The summed E-state index contributed by atoms with van der Waals surface area (Å²) in [6.07, 6.45) is 6.95. The second-order valence-electron chi connectivity index (χ2n) is 5.56. The molecule has 2 heteroatoms. The average molecular weight is 270 g/mol. The third-order valence-electron chi connectivity index (χ3n) is 4.17. The third kappa shape index (κ3) is 4.37. The Labute approximate surface area is 123 Å². The Balaban J connectivity index is 1.96. The lowest BCUT2D eigenvalue weighted by Gasteiger charge is -2.33. The number of nitrogens with two attached hydrogens (primary N) is 1. The second kappa shape index (κ2) is 8.09. The lowest BCUT2D eigenvalue weighted by Crippen LogP contribution is -2.36. The molecular formula is C18H26N2. The maximum atomic E-state index is 5.39. The van der Waals surface area contributed by atoms with Crippen molar-refractivity contribution in [3.8, 4) is 11.8 Å². The number of hydrogen-bond donors (Lipinski definition) is 1. The van der Waals surface area contributed by atoms with Crippen molar-refractivity contribution in [3.63, 3.8) is 0 Å². The maximum Gasteiger partial charge on any atom is 0.0555 e. The van der Waals surface area contributed by atoms with Crippen molar-refractivity contribution in [2.75, 3.05) is 13.1 Å². The predicted molar refractivity (Wildman–Crippen MR) is 85.3 cm³/mol. The van der Waals surface area contributed by atoms with Crippen LogP contribution in [0.3, 0.4) is 0 Å². The molecule has 0 saturated heterocycles. The average Bonchev–Trinajstić information content (AvgIpc) is 2.52. The van der Waals surface area contributed by atoms with Gasteiger partial charge in [-0.25, -0.2) is 0 Å². The van der Waals surface area contributed by atoms with Crippen molar-refractivity contribution in [1.82, 2.24) is 4.90 Å². The van der Waals surface area contributed by atoms with Gasteiger partial charge in [0.05, 0.1) is 6.54 Å². The third-order valence-corrected chi connectivity index (χ3v) is 4.17. The number of hydrogen-bond acceptors (Lipinski definition) is 2. The molecule has 0 bridgehead atoms. The van der Waals surface area contributed by atoms with Gasteiger partial charge in [0.2, 0.25) is 0 Å². The largest absolute Gasteiger partial charge is 0.320 e. The van der Waals surface area contributed by atoms with E-state index in [1.165, 1.54) is 37.7 Å². The van der Waals surface area contributed by atoms with E-state index in [9.17, 15) is 0 Å². The molecule has 0 atom stereocenters. The van der Waals surface area contributed by atoms with Gasteiger partial charge in [0.25, 0.3) is 0 Å². The first-order valence-electron chi connectivity index (χ1n) is 7.85. The van der Waals surface area contributed by atoms with Crippen LogP contribution in [0.5, 0.6) is 0 Å². The predicted octanol–water partition coefficient (Wildman–Crippen LogP) is 3.15. The SMILES string of the molecule is CCN(Cc1ccc(C#CCN)cc1)C1CCCCC1. The zero-order valence-corrected chi connectivity index (χ0v) is 12.6. The summed E-state index contributed by atoms with van der Waals surface area (Å²) in [7, 11) is 0. The van der Waals surface area contributed by atoms with E-state index in [-0.39, 0.29) is 0 Å². The molecule has 0 unspecified atom stereocenters. The highest BCUT2D eigenvalue weighted by Gasteiger charge is 2.19. The van der Waals surface area contributed by atoms with Gasteiger partial charge in [-0.05, 0) is 37.1 Å². The van der Waals surface area contributed by atoms with Gasteiger partial charge in [-0.15, -0.1) is 0 Å². The topological polar surface area (TPSA) is 29.3 Å². The number of nitrogens with zero attached hydrogens (tertiary/aromatic N) is 1. The molecule has 0 amide bonds. The fourth-order valence-corrected chi connectivity index (χ4v) is 3.03. The Bertz CT molecular complexity index is 447. The van der Waals surface area contributed by atoms with Crippen LogP contribution in [0, 0.1) is 11.8 Å². The molecule has 1 aromatic carbocycles. The van der Waals surface area contributed by atoms with Gasteiger partial charge in [0, 0.05) is 18.2 Å². The maximum absolute atomic E-state index is 5.39.